The number of carbonyl (C=O) groups excluding carboxylic acids is 1. The zero-order valence-corrected chi connectivity index (χ0v) is 22.3. The van der Waals surface area contributed by atoms with Gasteiger partial charge in [-0.05, 0) is 50.2 Å². The van der Waals surface area contributed by atoms with Crippen LogP contribution in [0.5, 0.6) is 0 Å². The van der Waals surface area contributed by atoms with Crippen LogP contribution in [-0.2, 0) is 6.54 Å². The number of rotatable bonds is 0. The van der Waals surface area contributed by atoms with E-state index in [1.54, 1.807) is 6.07 Å². The highest BCUT2D eigenvalue weighted by Crippen LogP contribution is 2.34. The lowest BCUT2D eigenvalue weighted by Crippen LogP contribution is -2.37. The molecule has 2 aliphatic heterocycles. The second kappa shape index (κ2) is 9.81. The van der Waals surface area contributed by atoms with Crippen LogP contribution in [0.1, 0.15) is 42.1 Å². The van der Waals surface area contributed by atoms with E-state index in [0.717, 1.165) is 24.0 Å². The maximum Gasteiger partial charge on any atom is 0.268 e. The van der Waals surface area contributed by atoms with Crippen LogP contribution in [0.3, 0.4) is 0 Å². The van der Waals surface area contributed by atoms with Gasteiger partial charge in [0, 0.05) is 48.2 Å². The Bertz CT molecular complexity index is 1410. The van der Waals surface area contributed by atoms with E-state index in [1.807, 2.05) is 28.8 Å². The molecule has 10 heteroatoms. The molecule has 2 N–H and O–H groups in total. The second-order valence-corrected chi connectivity index (χ2v) is 10.2. The molecule has 0 fully saturated rings. The summed E-state index contributed by atoms with van der Waals surface area (Å²) in [6, 6.07) is 12.2. The lowest BCUT2D eigenvalue weighted by Gasteiger charge is -2.24. The van der Waals surface area contributed by atoms with E-state index in [-0.39, 0.29) is 24.4 Å². The number of nitrogens with one attached hydrogen (secondary N) is 2. The molecule has 2 aliphatic rings. The number of halogens is 5. The van der Waals surface area contributed by atoms with Crippen molar-refractivity contribution in [2.75, 3.05) is 13.1 Å². The molecule has 0 bridgehead atoms. The molecule has 180 valence electrons. The lowest BCUT2D eigenvalue weighted by molar-refractivity contribution is 0.0919. The molecule has 0 unspecified atom stereocenters. The number of benzene rings is 2. The molecule has 0 spiro atoms. The molecule has 34 heavy (non-hydrogen) atoms. The maximum absolute atomic E-state index is 11.8. The summed E-state index contributed by atoms with van der Waals surface area (Å²) in [6.07, 6.45) is 0. The molecule has 0 saturated heterocycles. The fourth-order valence-electron chi connectivity index (χ4n) is 4.73. The summed E-state index contributed by atoms with van der Waals surface area (Å²) < 4.78 is 4.35. The van der Waals surface area contributed by atoms with Crippen molar-refractivity contribution in [1.29, 1.82) is 0 Å². The van der Waals surface area contributed by atoms with Crippen molar-refractivity contribution >= 4 is 86.5 Å². The van der Waals surface area contributed by atoms with Gasteiger partial charge in [-0.25, -0.2) is 0 Å². The van der Waals surface area contributed by atoms with E-state index < -0.39 is 0 Å². The number of nitrogens with zero attached hydrogens (tertiary/aromatic N) is 2. The predicted octanol–water partition coefficient (Wildman–Crippen LogP) is 7.29. The normalized spacial score (nSPS) is 19.1. The minimum Gasteiger partial charge on any atom is -0.349 e. The molecule has 0 saturated carbocycles. The van der Waals surface area contributed by atoms with Gasteiger partial charge in [-0.3, -0.25) is 4.79 Å². The van der Waals surface area contributed by atoms with Gasteiger partial charge in [0.2, 0.25) is 0 Å². The van der Waals surface area contributed by atoms with Crippen LogP contribution in [0, 0.1) is 0 Å². The van der Waals surface area contributed by atoms with Crippen LogP contribution in [0.25, 0.3) is 21.8 Å². The monoisotopic (exact) mass is 558 g/mol. The van der Waals surface area contributed by atoms with Crippen molar-refractivity contribution < 1.29 is 4.79 Å². The molecule has 1 amide bonds. The first-order valence-electron chi connectivity index (χ1n) is 10.7. The average Bonchev–Trinajstić information content (AvgIpc) is 3.31. The van der Waals surface area contributed by atoms with Crippen molar-refractivity contribution in [2.24, 2.45) is 0 Å². The zero-order valence-electron chi connectivity index (χ0n) is 18.5. The molecule has 2 aromatic carbocycles. The molecule has 2 aromatic heterocycles. The average molecular weight is 561 g/mol. The third kappa shape index (κ3) is 4.39. The van der Waals surface area contributed by atoms with Gasteiger partial charge < -0.3 is 19.8 Å². The first kappa shape index (κ1) is 25.5. The smallest absolute Gasteiger partial charge is 0.268 e. The lowest BCUT2D eigenvalue weighted by atomic mass is 10.2. The standard InChI is InChI=1S/C12H10Cl2N2O.C12H12Cl2N2.ClH/c1-6-5-15-12(17)11-3-7-2-8(13)9(14)4-10(7)16(6)11;1-7-5-15-6-9-2-8-3-10(13)11(14)4-12(8)16(7)9;/h2-4,6H,5H2,1H3,(H,15,17);2-4,7,15H,5-6H2,1H3;1H/t6-;7-;/m11./s1. The van der Waals surface area contributed by atoms with E-state index in [9.17, 15) is 4.79 Å². The van der Waals surface area contributed by atoms with Crippen molar-refractivity contribution in [1.82, 2.24) is 19.8 Å². The van der Waals surface area contributed by atoms with E-state index in [2.05, 4.69) is 35.1 Å². The Morgan fingerprint density at radius 1 is 0.765 bits per heavy atom. The molecule has 0 radical (unpaired) electrons. The zero-order chi connectivity index (χ0) is 23.4. The largest absolute Gasteiger partial charge is 0.349 e. The molecule has 5 nitrogen and oxygen atoms in total. The number of hydrogen-bond acceptors (Lipinski definition) is 2. The highest BCUT2D eigenvalue weighted by atomic mass is 35.5. The summed E-state index contributed by atoms with van der Waals surface area (Å²) in [7, 11) is 0. The van der Waals surface area contributed by atoms with Crippen molar-refractivity contribution in [2.45, 2.75) is 32.5 Å². The van der Waals surface area contributed by atoms with Gasteiger partial charge in [-0.15, -0.1) is 12.4 Å². The van der Waals surface area contributed by atoms with Gasteiger partial charge in [-0.2, -0.15) is 0 Å². The Hall–Kier alpha value is -1.60. The third-order valence-electron chi connectivity index (χ3n) is 6.26. The number of amides is 1. The quantitative estimate of drug-likeness (QED) is 0.237. The summed E-state index contributed by atoms with van der Waals surface area (Å²) in [5, 5.41) is 10.6. The van der Waals surface area contributed by atoms with Gasteiger partial charge >= 0.3 is 0 Å². The minimum atomic E-state index is -0.0495. The van der Waals surface area contributed by atoms with Gasteiger partial charge in [-0.1, -0.05) is 46.4 Å². The summed E-state index contributed by atoms with van der Waals surface area (Å²) in [5.74, 6) is -0.0495. The first-order chi connectivity index (χ1) is 15.7. The Balaban J connectivity index is 0.000000157. The van der Waals surface area contributed by atoms with E-state index in [0.29, 0.717) is 38.4 Å². The third-order valence-corrected chi connectivity index (χ3v) is 7.70. The highest BCUT2D eigenvalue weighted by Gasteiger charge is 2.24. The van der Waals surface area contributed by atoms with Crippen molar-refractivity contribution in [3.63, 3.8) is 0 Å². The van der Waals surface area contributed by atoms with Crippen LogP contribution in [-0.4, -0.2) is 28.1 Å². The Labute approximate surface area is 223 Å². The molecule has 0 aliphatic carbocycles. The summed E-state index contributed by atoms with van der Waals surface area (Å²) in [5.41, 5.74) is 4.10. The summed E-state index contributed by atoms with van der Waals surface area (Å²) in [6.45, 7) is 6.81. The Morgan fingerprint density at radius 2 is 1.29 bits per heavy atom. The molecule has 4 heterocycles. The molecular weight excluding hydrogens is 538 g/mol. The van der Waals surface area contributed by atoms with Crippen LogP contribution in [0.15, 0.2) is 36.4 Å². The van der Waals surface area contributed by atoms with Crippen LogP contribution in [0.4, 0.5) is 0 Å². The number of fused-ring (bicyclic) bond motifs is 6. The van der Waals surface area contributed by atoms with Crippen LogP contribution < -0.4 is 10.6 Å². The number of aromatic nitrogens is 2. The molecule has 6 rings (SSSR count). The number of carbonyl (C=O) groups is 1. The second-order valence-electron chi connectivity index (χ2n) is 8.59. The van der Waals surface area contributed by atoms with Gasteiger partial charge in [0.1, 0.15) is 5.69 Å². The fourth-order valence-corrected chi connectivity index (χ4v) is 5.39. The Kier molecular flexibility index (Phi) is 7.35. The van der Waals surface area contributed by atoms with Crippen LogP contribution >= 0.6 is 58.8 Å². The van der Waals surface area contributed by atoms with Crippen molar-refractivity contribution in [3.8, 4) is 0 Å². The van der Waals surface area contributed by atoms with Gasteiger partial charge in [0.15, 0.2) is 0 Å². The maximum atomic E-state index is 11.8. The highest BCUT2D eigenvalue weighted by molar-refractivity contribution is 6.43. The van der Waals surface area contributed by atoms with Gasteiger partial charge in [0.25, 0.3) is 5.91 Å². The van der Waals surface area contributed by atoms with E-state index in [1.165, 1.54) is 16.6 Å². The SMILES string of the molecule is C[C@@H]1CNC(=O)c2cc3cc(Cl)c(Cl)cc3n21.C[C@@H]1CNCc2cc3cc(Cl)c(Cl)cc3n21.Cl. The minimum absolute atomic E-state index is 0. The molecular formula is C24H23Cl5N4O. The first-order valence-corrected chi connectivity index (χ1v) is 12.2. The molecule has 2 atom stereocenters. The van der Waals surface area contributed by atoms with Crippen molar-refractivity contribution in [3.05, 3.63) is 67.9 Å². The topological polar surface area (TPSA) is 51.0 Å². The Morgan fingerprint density at radius 3 is 1.94 bits per heavy atom. The van der Waals surface area contributed by atoms with Gasteiger partial charge in [0.05, 0.1) is 31.1 Å². The van der Waals surface area contributed by atoms with E-state index >= 15 is 0 Å². The van der Waals surface area contributed by atoms with Crippen LogP contribution in [0.2, 0.25) is 20.1 Å². The van der Waals surface area contributed by atoms with E-state index in [4.69, 9.17) is 46.4 Å². The summed E-state index contributed by atoms with van der Waals surface area (Å²) >= 11 is 24.1. The summed E-state index contributed by atoms with van der Waals surface area (Å²) in [4.78, 5) is 11.8. The fraction of sp³-hybridized carbons (Fsp3) is 0.292. The predicted molar refractivity (Wildman–Crippen MR) is 145 cm³/mol. The molecule has 4 aromatic rings. The number of hydrogen-bond donors (Lipinski definition) is 2.